The Bertz CT molecular complexity index is 437. The van der Waals surface area contributed by atoms with E-state index in [-0.39, 0.29) is 5.48 Å². The van der Waals surface area contributed by atoms with E-state index in [1.807, 2.05) is 18.2 Å². The summed E-state index contributed by atoms with van der Waals surface area (Å²) in [4.78, 5) is 11.3. The molecule has 1 aromatic carbocycles. The maximum atomic E-state index is 11.3. The van der Waals surface area contributed by atoms with E-state index in [2.05, 4.69) is 0 Å². The third-order valence-corrected chi connectivity index (χ3v) is 2.95. The molecule has 0 bridgehead atoms. The first-order valence-corrected chi connectivity index (χ1v) is 6.09. The lowest BCUT2D eigenvalue weighted by Crippen LogP contribution is -2.29. The molecule has 1 aliphatic heterocycles. The Balaban J connectivity index is 0.00000180. The Labute approximate surface area is 112 Å². The van der Waals surface area contributed by atoms with E-state index in [0.29, 0.717) is 19.8 Å². The van der Waals surface area contributed by atoms with Crippen molar-refractivity contribution in [3.8, 4) is 5.75 Å². The normalized spacial score (nSPS) is 17.2. The zero-order chi connectivity index (χ0) is 13.0. The van der Waals surface area contributed by atoms with Gasteiger partial charge in [-0.2, -0.15) is 0 Å². The lowest BCUT2D eigenvalue weighted by Gasteiger charge is -2.25. The molecule has 106 valence electrons. The van der Waals surface area contributed by atoms with Crippen LogP contribution < -0.4 is 16.2 Å². The highest BCUT2D eigenvalue weighted by molar-refractivity contribution is 5.81. The fraction of sp³-hybridized carbons (Fsp3) is 0.462. The highest BCUT2D eigenvalue weighted by Crippen LogP contribution is 2.33. The van der Waals surface area contributed by atoms with E-state index in [9.17, 15) is 4.79 Å². The molecule has 0 saturated heterocycles. The number of hydrogen-bond donors (Lipinski definition) is 2. The Morgan fingerprint density at radius 1 is 1.47 bits per heavy atom. The number of carbonyl (C=O) groups is 1. The van der Waals surface area contributed by atoms with Crippen LogP contribution in [-0.4, -0.2) is 31.1 Å². The van der Waals surface area contributed by atoms with Crippen LogP contribution in [0.5, 0.6) is 5.75 Å². The molecule has 0 aromatic heterocycles. The number of primary amides is 1. The van der Waals surface area contributed by atoms with Crippen molar-refractivity contribution in [2.75, 3.05) is 19.8 Å². The van der Waals surface area contributed by atoms with Crippen LogP contribution in [0.25, 0.3) is 0 Å². The molecule has 0 fully saturated rings. The third-order valence-electron chi connectivity index (χ3n) is 2.95. The number of hydrogen-bond acceptors (Lipinski definition) is 4. The number of carbonyl (C=O) groups excluding carboxylic acids is 1. The molecular formula is C13H20N2O4. The summed E-state index contributed by atoms with van der Waals surface area (Å²) in [6.45, 7) is 1.66. The average molecular weight is 268 g/mol. The lowest BCUT2D eigenvalue weighted by molar-refractivity contribution is -0.130. The number of ether oxygens (including phenoxy) is 2. The van der Waals surface area contributed by atoms with Crippen LogP contribution in [0.3, 0.4) is 0 Å². The van der Waals surface area contributed by atoms with Crippen molar-refractivity contribution in [1.29, 1.82) is 0 Å². The monoisotopic (exact) mass is 268 g/mol. The van der Waals surface area contributed by atoms with Gasteiger partial charge in [-0.25, -0.2) is 0 Å². The maximum Gasteiger partial charge on any atom is 0.251 e. The molecule has 0 radical (unpaired) electrons. The van der Waals surface area contributed by atoms with Crippen molar-refractivity contribution in [2.24, 2.45) is 11.5 Å². The van der Waals surface area contributed by atoms with Crippen LogP contribution in [0.1, 0.15) is 23.7 Å². The van der Waals surface area contributed by atoms with E-state index in [1.54, 1.807) is 0 Å². The average Bonchev–Trinajstić information content (AvgIpc) is 2.38. The van der Waals surface area contributed by atoms with Gasteiger partial charge in [0.2, 0.25) is 0 Å². The van der Waals surface area contributed by atoms with Crippen LogP contribution >= 0.6 is 0 Å². The number of nitrogens with two attached hydrogens (primary N) is 2. The van der Waals surface area contributed by atoms with Gasteiger partial charge in [0.25, 0.3) is 5.91 Å². The molecule has 19 heavy (non-hydrogen) atoms. The molecular weight excluding hydrogens is 248 g/mol. The Morgan fingerprint density at radius 3 is 2.95 bits per heavy atom. The van der Waals surface area contributed by atoms with E-state index < -0.39 is 12.0 Å². The fourth-order valence-electron chi connectivity index (χ4n) is 2.10. The summed E-state index contributed by atoms with van der Waals surface area (Å²) in [6.07, 6.45) is 0.879. The molecule has 6 heteroatoms. The summed E-state index contributed by atoms with van der Waals surface area (Å²) in [6, 6.07) is 5.61. The first kappa shape index (κ1) is 15.4. The zero-order valence-electron chi connectivity index (χ0n) is 10.7. The van der Waals surface area contributed by atoms with Gasteiger partial charge in [0.15, 0.2) is 6.10 Å². The number of rotatable bonds is 5. The van der Waals surface area contributed by atoms with Gasteiger partial charge in [0.05, 0.1) is 13.2 Å². The standard InChI is InChI=1S/C13H18N2O3.H2O/c14-6-2-7-17-11-4-1-3-10-9(11)5-8-18-12(10)13(15)16;/h1,3-4,12H,2,5-8,14H2,(H2,15,16);1H2. The SMILES string of the molecule is NCCCOc1cccc2c1CCOC2C(N)=O.O. The second kappa shape index (κ2) is 7.08. The third kappa shape index (κ3) is 3.44. The summed E-state index contributed by atoms with van der Waals surface area (Å²) in [5.74, 6) is 0.338. The largest absolute Gasteiger partial charge is 0.493 e. The molecule has 0 saturated carbocycles. The van der Waals surface area contributed by atoms with Gasteiger partial charge < -0.3 is 26.4 Å². The van der Waals surface area contributed by atoms with Crippen LogP contribution in [0.2, 0.25) is 0 Å². The Morgan fingerprint density at radius 2 is 2.26 bits per heavy atom. The highest BCUT2D eigenvalue weighted by atomic mass is 16.5. The van der Waals surface area contributed by atoms with E-state index >= 15 is 0 Å². The van der Waals surface area contributed by atoms with Crippen molar-refractivity contribution in [1.82, 2.24) is 0 Å². The van der Waals surface area contributed by atoms with Gasteiger partial charge in [0.1, 0.15) is 5.75 Å². The molecule has 2 rings (SSSR count). The summed E-state index contributed by atoms with van der Waals surface area (Å²) in [5.41, 5.74) is 12.6. The number of fused-ring (bicyclic) bond motifs is 1. The maximum absolute atomic E-state index is 11.3. The van der Waals surface area contributed by atoms with Gasteiger partial charge in [-0.3, -0.25) is 4.79 Å². The van der Waals surface area contributed by atoms with Crippen molar-refractivity contribution < 1.29 is 19.7 Å². The van der Waals surface area contributed by atoms with Crippen LogP contribution in [0.4, 0.5) is 0 Å². The Kier molecular flexibility index (Phi) is 5.75. The zero-order valence-corrected chi connectivity index (χ0v) is 10.7. The van der Waals surface area contributed by atoms with Crippen molar-refractivity contribution in [2.45, 2.75) is 18.9 Å². The van der Waals surface area contributed by atoms with E-state index in [4.69, 9.17) is 20.9 Å². The van der Waals surface area contributed by atoms with Gasteiger partial charge in [-0.05, 0) is 31.0 Å². The predicted octanol–water partition coefficient (Wildman–Crippen LogP) is -0.311. The van der Waals surface area contributed by atoms with Gasteiger partial charge in [0, 0.05) is 5.56 Å². The van der Waals surface area contributed by atoms with Crippen LogP contribution in [-0.2, 0) is 16.0 Å². The van der Waals surface area contributed by atoms with Crippen LogP contribution in [0, 0.1) is 0 Å². The minimum absolute atomic E-state index is 0. The predicted molar refractivity (Wildman–Crippen MR) is 70.8 cm³/mol. The van der Waals surface area contributed by atoms with Crippen molar-refractivity contribution >= 4 is 5.91 Å². The van der Waals surface area contributed by atoms with Gasteiger partial charge in [-0.15, -0.1) is 0 Å². The number of amides is 1. The van der Waals surface area contributed by atoms with Crippen LogP contribution in [0.15, 0.2) is 18.2 Å². The molecule has 1 heterocycles. The second-order valence-electron chi connectivity index (χ2n) is 4.22. The first-order chi connectivity index (χ1) is 8.74. The van der Waals surface area contributed by atoms with Crippen molar-refractivity contribution in [3.05, 3.63) is 29.3 Å². The molecule has 1 amide bonds. The molecule has 1 aromatic rings. The van der Waals surface area contributed by atoms with E-state index in [1.165, 1.54) is 0 Å². The minimum Gasteiger partial charge on any atom is -0.493 e. The summed E-state index contributed by atoms with van der Waals surface area (Å²) >= 11 is 0. The molecule has 1 unspecified atom stereocenters. The first-order valence-electron chi connectivity index (χ1n) is 6.09. The summed E-state index contributed by atoms with van der Waals surface area (Å²) in [5, 5.41) is 0. The lowest BCUT2D eigenvalue weighted by atomic mass is 9.96. The Hall–Kier alpha value is -1.63. The molecule has 6 nitrogen and oxygen atoms in total. The summed E-state index contributed by atoms with van der Waals surface area (Å²) in [7, 11) is 0. The van der Waals surface area contributed by atoms with Gasteiger partial charge >= 0.3 is 0 Å². The number of benzene rings is 1. The van der Waals surface area contributed by atoms with Crippen molar-refractivity contribution in [3.63, 3.8) is 0 Å². The molecule has 6 N–H and O–H groups in total. The smallest absolute Gasteiger partial charge is 0.251 e. The molecule has 1 atom stereocenters. The van der Waals surface area contributed by atoms with Gasteiger partial charge in [-0.1, -0.05) is 12.1 Å². The topological polar surface area (TPSA) is 119 Å². The minimum atomic E-state index is -0.660. The molecule has 1 aliphatic rings. The quantitative estimate of drug-likeness (QED) is 0.712. The van der Waals surface area contributed by atoms with E-state index in [0.717, 1.165) is 29.7 Å². The fourth-order valence-corrected chi connectivity index (χ4v) is 2.10. The molecule has 0 spiro atoms. The second-order valence-corrected chi connectivity index (χ2v) is 4.22. The summed E-state index contributed by atoms with van der Waals surface area (Å²) < 4.78 is 11.1. The highest BCUT2D eigenvalue weighted by Gasteiger charge is 2.27. The molecule has 0 aliphatic carbocycles.